The Balaban J connectivity index is 0.000000404. The van der Waals surface area contributed by atoms with E-state index in [2.05, 4.69) is 49.5 Å². The maximum absolute atomic E-state index is 11.2. The number of aliphatic hydroxyl groups excluding tert-OH is 1. The summed E-state index contributed by atoms with van der Waals surface area (Å²) in [5, 5.41) is 12.2. The second kappa shape index (κ2) is 16.1. The molecule has 1 aliphatic carbocycles. The molecule has 1 aliphatic rings. The lowest BCUT2D eigenvalue weighted by atomic mass is 10.0. The van der Waals surface area contributed by atoms with Crippen molar-refractivity contribution in [3.63, 3.8) is 0 Å². The second-order valence-corrected chi connectivity index (χ2v) is 8.02. The van der Waals surface area contributed by atoms with Crippen LogP contribution in [0.4, 0.5) is 0 Å². The Hall–Kier alpha value is -2.53. The largest absolute Gasteiger partial charge is 0.496 e. The third-order valence-electron chi connectivity index (χ3n) is 5.63. The van der Waals surface area contributed by atoms with E-state index in [9.17, 15) is 9.90 Å². The van der Waals surface area contributed by atoms with Crippen LogP contribution in [0.15, 0.2) is 48.5 Å². The number of hydrogen-bond donors (Lipinski definition) is 2. The Labute approximate surface area is 200 Å². The van der Waals surface area contributed by atoms with Crippen molar-refractivity contribution < 1.29 is 19.4 Å². The van der Waals surface area contributed by atoms with E-state index in [1.54, 1.807) is 13.2 Å². The van der Waals surface area contributed by atoms with Gasteiger partial charge in [-0.3, -0.25) is 4.79 Å². The van der Waals surface area contributed by atoms with Crippen molar-refractivity contribution in [2.75, 3.05) is 20.3 Å². The van der Waals surface area contributed by atoms with Crippen LogP contribution in [-0.4, -0.2) is 31.3 Å². The van der Waals surface area contributed by atoms with E-state index in [1.807, 2.05) is 26.0 Å². The maximum atomic E-state index is 11.2. The van der Waals surface area contributed by atoms with E-state index in [4.69, 9.17) is 9.47 Å². The molecule has 1 saturated carbocycles. The van der Waals surface area contributed by atoms with Crippen molar-refractivity contribution in [2.45, 2.75) is 72.3 Å². The standard InChI is InChI=1S/C17H27NO4.C9H10.C2H6/c1-5-13(6-2)11-22-14-7-8-15(17(9-14)21-4)16(10-19)18-12(3)20;1-2-4-8(5-3-1)9-6-7-9;1-2/h7-9,13,16,19H,5-6,10-11H2,1-4H3,(H,18,20);1-5,9H,6-7H2;1-2H3/t16-;;/m0../s1. The first-order valence-corrected chi connectivity index (χ1v) is 12.3. The van der Waals surface area contributed by atoms with Gasteiger partial charge in [0.2, 0.25) is 5.91 Å². The molecular formula is C28H43NO4. The van der Waals surface area contributed by atoms with Gasteiger partial charge in [0.15, 0.2) is 0 Å². The normalized spacial score (nSPS) is 13.1. The molecule has 0 bridgehead atoms. The molecule has 2 N–H and O–H groups in total. The van der Waals surface area contributed by atoms with Gasteiger partial charge in [-0.25, -0.2) is 0 Å². The predicted molar refractivity (Wildman–Crippen MR) is 136 cm³/mol. The summed E-state index contributed by atoms with van der Waals surface area (Å²) in [4.78, 5) is 11.2. The Morgan fingerprint density at radius 3 is 2.21 bits per heavy atom. The molecule has 0 aliphatic heterocycles. The summed E-state index contributed by atoms with van der Waals surface area (Å²) in [7, 11) is 1.56. The lowest BCUT2D eigenvalue weighted by Gasteiger charge is -2.20. The van der Waals surface area contributed by atoms with Crippen LogP contribution in [-0.2, 0) is 4.79 Å². The highest BCUT2D eigenvalue weighted by molar-refractivity contribution is 5.73. The van der Waals surface area contributed by atoms with Gasteiger partial charge in [-0.2, -0.15) is 0 Å². The molecule has 0 unspecified atom stereocenters. The molecule has 2 aromatic carbocycles. The van der Waals surface area contributed by atoms with Crippen LogP contribution < -0.4 is 14.8 Å². The van der Waals surface area contributed by atoms with Crippen molar-refractivity contribution >= 4 is 5.91 Å². The highest BCUT2D eigenvalue weighted by Gasteiger charge is 2.22. The van der Waals surface area contributed by atoms with Gasteiger partial charge in [0.1, 0.15) is 11.5 Å². The molecule has 1 atom stereocenters. The van der Waals surface area contributed by atoms with Crippen molar-refractivity contribution in [2.24, 2.45) is 5.92 Å². The van der Waals surface area contributed by atoms with Gasteiger partial charge in [-0.05, 0) is 42.4 Å². The zero-order valence-corrected chi connectivity index (χ0v) is 21.3. The van der Waals surface area contributed by atoms with Crippen molar-refractivity contribution in [1.29, 1.82) is 0 Å². The highest BCUT2D eigenvalue weighted by Crippen LogP contribution is 2.39. The fourth-order valence-electron chi connectivity index (χ4n) is 3.42. The molecule has 0 spiro atoms. The van der Waals surface area contributed by atoms with Crippen molar-refractivity contribution in [1.82, 2.24) is 5.32 Å². The van der Waals surface area contributed by atoms with Gasteiger partial charge in [0, 0.05) is 18.6 Å². The third kappa shape index (κ3) is 10.3. The molecule has 184 valence electrons. The predicted octanol–water partition coefficient (Wildman–Crippen LogP) is 6.27. The monoisotopic (exact) mass is 457 g/mol. The molecule has 0 saturated heterocycles. The first-order chi connectivity index (χ1) is 16.0. The molecule has 1 amide bonds. The quantitative estimate of drug-likeness (QED) is 0.441. The number of hydrogen-bond acceptors (Lipinski definition) is 4. The Morgan fingerprint density at radius 2 is 1.73 bits per heavy atom. The van der Waals surface area contributed by atoms with E-state index in [0.29, 0.717) is 18.3 Å². The fourth-order valence-corrected chi connectivity index (χ4v) is 3.42. The number of benzene rings is 2. The van der Waals surface area contributed by atoms with Crippen LogP contribution in [0.1, 0.15) is 83.4 Å². The Bertz CT molecular complexity index is 786. The van der Waals surface area contributed by atoms with Crippen molar-refractivity contribution in [3.05, 3.63) is 59.7 Å². The first kappa shape index (κ1) is 28.5. The van der Waals surface area contributed by atoms with Gasteiger partial charge >= 0.3 is 0 Å². The number of rotatable bonds is 10. The summed E-state index contributed by atoms with van der Waals surface area (Å²) in [6.45, 7) is 10.2. The Morgan fingerprint density at radius 1 is 1.09 bits per heavy atom. The number of methoxy groups -OCH3 is 1. The minimum atomic E-state index is -0.486. The minimum Gasteiger partial charge on any atom is -0.496 e. The molecule has 33 heavy (non-hydrogen) atoms. The summed E-state index contributed by atoms with van der Waals surface area (Å²) >= 11 is 0. The molecule has 0 heterocycles. The molecule has 0 aromatic heterocycles. The highest BCUT2D eigenvalue weighted by atomic mass is 16.5. The van der Waals surface area contributed by atoms with Crippen LogP contribution in [0.2, 0.25) is 0 Å². The van der Waals surface area contributed by atoms with Crippen LogP contribution in [0, 0.1) is 5.92 Å². The first-order valence-electron chi connectivity index (χ1n) is 12.3. The zero-order valence-electron chi connectivity index (χ0n) is 21.3. The summed E-state index contributed by atoms with van der Waals surface area (Å²) in [5.74, 6) is 2.57. The fraction of sp³-hybridized carbons (Fsp3) is 0.536. The lowest BCUT2D eigenvalue weighted by Crippen LogP contribution is -2.28. The maximum Gasteiger partial charge on any atom is 0.217 e. The molecule has 5 nitrogen and oxygen atoms in total. The molecule has 2 aromatic rings. The van der Waals surface area contributed by atoms with Crippen LogP contribution in [0.25, 0.3) is 0 Å². The number of nitrogens with one attached hydrogen (secondary N) is 1. The van der Waals surface area contributed by atoms with E-state index in [-0.39, 0.29) is 12.5 Å². The van der Waals surface area contributed by atoms with Crippen molar-refractivity contribution in [3.8, 4) is 11.5 Å². The minimum absolute atomic E-state index is 0.191. The summed E-state index contributed by atoms with van der Waals surface area (Å²) in [5.41, 5.74) is 2.26. The van der Waals surface area contributed by atoms with Gasteiger partial charge in [0.05, 0.1) is 26.4 Å². The third-order valence-corrected chi connectivity index (χ3v) is 5.63. The van der Waals surface area contributed by atoms with Gasteiger partial charge < -0.3 is 19.9 Å². The number of amides is 1. The number of ether oxygens (including phenoxy) is 2. The average molecular weight is 458 g/mol. The zero-order chi connectivity index (χ0) is 24.6. The number of aliphatic hydroxyl groups is 1. The number of carbonyl (C=O) groups excluding carboxylic acids is 1. The van der Waals surface area contributed by atoms with E-state index >= 15 is 0 Å². The summed E-state index contributed by atoms with van der Waals surface area (Å²) < 4.78 is 11.2. The van der Waals surface area contributed by atoms with E-state index in [0.717, 1.165) is 30.1 Å². The Kier molecular flexibility index (Phi) is 13.9. The molecular weight excluding hydrogens is 414 g/mol. The molecule has 3 rings (SSSR count). The molecule has 0 radical (unpaired) electrons. The summed E-state index contributed by atoms with van der Waals surface area (Å²) in [6, 6.07) is 15.7. The van der Waals surface area contributed by atoms with Crippen LogP contribution in [0.3, 0.4) is 0 Å². The topological polar surface area (TPSA) is 67.8 Å². The SMILES string of the molecule is CC.CCC(CC)COc1ccc([C@H](CO)NC(C)=O)c(OC)c1.c1ccc(C2CC2)cc1. The molecule has 5 heteroatoms. The number of carbonyl (C=O) groups is 1. The summed E-state index contributed by atoms with van der Waals surface area (Å²) in [6.07, 6.45) is 4.98. The second-order valence-electron chi connectivity index (χ2n) is 8.02. The van der Waals surface area contributed by atoms with E-state index in [1.165, 1.54) is 25.3 Å². The van der Waals surface area contributed by atoms with Crippen LogP contribution in [0.5, 0.6) is 11.5 Å². The van der Waals surface area contributed by atoms with Gasteiger partial charge in [-0.15, -0.1) is 0 Å². The average Bonchev–Trinajstić information content (AvgIpc) is 3.71. The smallest absolute Gasteiger partial charge is 0.217 e. The molecule has 1 fully saturated rings. The van der Waals surface area contributed by atoms with Gasteiger partial charge in [0.25, 0.3) is 0 Å². The van der Waals surface area contributed by atoms with Crippen LogP contribution >= 0.6 is 0 Å². The van der Waals surface area contributed by atoms with E-state index < -0.39 is 6.04 Å². The lowest BCUT2D eigenvalue weighted by molar-refractivity contribution is -0.120. The van der Waals surface area contributed by atoms with Gasteiger partial charge in [-0.1, -0.05) is 70.9 Å².